The molecule has 1 N–H and O–H groups in total. The lowest BCUT2D eigenvalue weighted by Crippen LogP contribution is -2.27. The molecule has 1 aromatic carbocycles. The molecule has 4 rings (SSSR count). The van der Waals surface area contributed by atoms with Crippen LogP contribution < -0.4 is 10.9 Å². The molecule has 0 aliphatic carbocycles. The number of nitrogens with one attached hydrogen (secondary N) is 1. The molecule has 3 heterocycles. The Balaban J connectivity index is 1.65. The largest absolute Gasteiger partial charge is 0.322 e. The van der Waals surface area contributed by atoms with Gasteiger partial charge < -0.3 is 9.88 Å². The average Bonchev–Trinajstić information content (AvgIpc) is 3.04. The molecule has 27 heavy (non-hydrogen) atoms. The van der Waals surface area contributed by atoms with Crippen molar-refractivity contribution >= 4 is 17.2 Å². The van der Waals surface area contributed by atoms with E-state index in [9.17, 15) is 9.59 Å². The maximum absolute atomic E-state index is 12.5. The molecule has 3 aromatic heterocycles. The highest BCUT2D eigenvalue weighted by atomic mass is 16.2. The highest BCUT2D eigenvalue weighted by Gasteiger charge is 2.12. The number of aryl methyl sites for hydroxylation is 2. The summed E-state index contributed by atoms with van der Waals surface area (Å²) in [5.74, 6) is 0.239. The van der Waals surface area contributed by atoms with Gasteiger partial charge in [0.15, 0.2) is 11.5 Å². The van der Waals surface area contributed by atoms with Crippen molar-refractivity contribution in [3.63, 3.8) is 0 Å². The predicted molar refractivity (Wildman–Crippen MR) is 101 cm³/mol. The van der Waals surface area contributed by atoms with E-state index < -0.39 is 5.91 Å². The summed E-state index contributed by atoms with van der Waals surface area (Å²) in [6.07, 6.45) is 1.61. The van der Waals surface area contributed by atoms with Gasteiger partial charge in [-0.05, 0) is 43.3 Å². The van der Waals surface area contributed by atoms with Gasteiger partial charge in [-0.25, -0.2) is 0 Å². The van der Waals surface area contributed by atoms with E-state index >= 15 is 0 Å². The van der Waals surface area contributed by atoms with Gasteiger partial charge >= 0.3 is 0 Å². The van der Waals surface area contributed by atoms with Gasteiger partial charge in [-0.3, -0.25) is 9.59 Å². The monoisotopic (exact) mass is 360 g/mol. The molecule has 4 aromatic rings. The van der Waals surface area contributed by atoms with E-state index in [1.807, 2.05) is 31.2 Å². The third-order valence-corrected chi connectivity index (χ3v) is 4.20. The van der Waals surface area contributed by atoms with Gasteiger partial charge in [-0.2, -0.15) is 9.61 Å². The van der Waals surface area contributed by atoms with Crippen LogP contribution in [0.4, 0.5) is 5.69 Å². The number of fused-ring (bicyclic) bond motifs is 1. The molecule has 0 unspecified atom stereocenters. The Morgan fingerprint density at radius 2 is 1.93 bits per heavy atom. The summed E-state index contributed by atoms with van der Waals surface area (Å²) in [5, 5.41) is 15.3. The summed E-state index contributed by atoms with van der Waals surface area (Å²) in [6.45, 7) is 1.83. The van der Waals surface area contributed by atoms with E-state index in [-0.39, 0.29) is 11.1 Å². The smallest absolute Gasteiger partial charge is 0.263 e. The summed E-state index contributed by atoms with van der Waals surface area (Å²) in [7, 11) is 1.61. The molecule has 0 spiro atoms. The molecular weight excluding hydrogens is 344 g/mol. The summed E-state index contributed by atoms with van der Waals surface area (Å²) >= 11 is 0. The van der Waals surface area contributed by atoms with Crippen molar-refractivity contribution in [2.24, 2.45) is 7.05 Å². The zero-order chi connectivity index (χ0) is 19.0. The number of hydrogen-bond donors (Lipinski definition) is 1. The van der Waals surface area contributed by atoms with Crippen LogP contribution in [0.15, 0.2) is 59.5 Å². The molecule has 134 valence electrons. The number of carbonyl (C=O) groups is 1. The number of pyridine rings is 1. The van der Waals surface area contributed by atoms with Gasteiger partial charge in [-0.1, -0.05) is 12.1 Å². The number of rotatable bonds is 3. The maximum atomic E-state index is 12.5. The molecule has 0 bridgehead atoms. The predicted octanol–water partition coefficient (Wildman–Crippen LogP) is 2.05. The van der Waals surface area contributed by atoms with Gasteiger partial charge in [0.1, 0.15) is 5.56 Å². The third kappa shape index (κ3) is 3.08. The first kappa shape index (κ1) is 16.6. The minimum atomic E-state index is -0.452. The first-order valence-electron chi connectivity index (χ1n) is 8.29. The fourth-order valence-electron chi connectivity index (χ4n) is 2.77. The van der Waals surface area contributed by atoms with Crippen LogP contribution in [0.1, 0.15) is 16.2 Å². The molecule has 0 atom stereocenters. The molecule has 0 saturated carbocycles. The number of nitrogens with zero attached hydrogens (tertiary/aromatic N) is 5. The van der Waals surface area contributed by atoms with E-state index in [2.05, 4.69) is 20.6 Å². The van der Waals surface area contributed by atoms with Gasteiger partial charge in [0.25, 0.3) is 11.5 Å². The zero-order valence-corrected chi connectivity index (χ0v) is 14.7. The number of carbonyl (C=O) groups excluding carboxylic acids is 1. The van der Waals surface area contributed by atoms with Crippen LogP contribution >= 0.6 is 0 Å². The lowest BCUT2D eigenvalue weighted by molar-refractivity contribution is 0.102. The minimum absolute atomic E-state index is 0.0880. The van der Waals surface area contributed by atoms with Crippen LogP contribution in [0.25, 0.3) is 16.9 Å². The number of amides is 1. The Bertz CT molecular complexity index is 1220. The standard InChI is InChI=1S/C19H16N6O2/c1-12-21-22-17-9-8-16(23-25(12)17)13-5-3-6-14(11-13)20-18(26)15-7-4-10-24(2)19(15)27/h3-11H,1-2H3,(H,20,26). The van der Waals surface area contributed by atoms with E-state index in [0.29, 0.717) is 17.2 Å². The SMILES string of the molecule is Cc1nnc2ccc(-c3cccc(NC(=O)c4cccn(C)c4=O)c3)nn12. The maximum Gasteiger partial charge on any atom is 0.263 e. The second-order valence-electron chi connectivity index (χ2n) is 6.11. The lowest BCUT2D eigenvalue weighted by atomic mass is 10.1. The Morgan fingerprint density at radius 1 is 1.07 bits per heavy atom. The number of anilines is 1. The van der Waals surface area contributed by atoms with Crippen LogP contribution in [0, 0.1) is 6.92 Å². The third-order valence-electron chi connectivity index (χ3n) is 4.20. The van der Waals surface area contributed by atoms with Crippen LogP contribution in [-0.2, 0) is 7.05 Å². The first-order chi connectivity index (χ1) is 13.0. The van der Waals surface area contributed by atoms with Gasteiger partial charge in [-0.15, -0.1) is 10.2 Å². The Labute approximate surface area is 154 Å². The fraction of sp³-hybridized carbons (Fsp3) is 0.105. The van der Waals surface area contributed by atoms with Crippen LogP contribution in [-0.4, -0.2) is 30.3 Å². The van der Waals surface area contributed by atoms with E-state index in [0.717, 1.165) is 11.3 Å². The highest BCUT2D eigenvalue weighted by Crippen LogP contribution is 2.21. The first-order valence-corrected chi connectivity index (χ1v) is 8.29. The molecular formula is C19H16N6O2. The van der Waals surface area contributed by atoms with Crippen molar-refractivity contribution in [1.82, 2.24) is 24.4 Å². The second kappa shape index (κ2) is 6.49. The normalized spacial score (nSPS) is 10.9. The molecule has 0 fully saturated rings. The topological polar surface area (TPSA) is 94.2 Å². The molecule has 0 saturated heterocycles. The van der Waals surface area contributed by atoms with Gasteiger partial charge in [0.2, 0.25) is 0 Å². The Kier molecular flexibility index (Phi) is 4.00. The van der Waals surface area contributed by atoms with Crippen molar-refractivity contribution < 1.29 is 4.79 Å². The quantitative estimate of drug-likeness (QED) is 0.603. The highest BCUT2D eigenvalue weighted by molar-refractivity contribution is 6.04. The van der Waals surface area contributed by atoms with Crippen molar-refractivity contribution in [2.75, 3.05) is 5.32 Å². The van der Waals surface area contributed by atoms with Crippen LogP contribution in [0.3, 0.4) is 0 Å². The molecule has 1 amide bonds. The van der Waals surface area contributed by atoms with E-state index in [1.54, 1.807) is 36.0 Å². The summed E-state index contributed by atoms with van der Waals surface area (Å²) in [4.78, 5) is 24.6. The van der Waals surface area contributed by atoms with Crippen molar-refractivity contribution in [1.29, 1.82) is 0 Å². The summed E-state index contributed by atoms with van der Waals surface area (Å²) in [5.41, 5.74) is 2.53. The number of benzene rings is 1. The Hall–Kier alpha value is -3.81. The van der Waals surface area contributed by atoms with Gasteiger partial charge in [0, 0.05) is 24.5 Å². The zero-order valence-electron chi connectivity index (χ0n) is 14.7. The van der Waals surface area contributed by atoms with Crippen molar-refractivity contribution in [3.05, 3.63) is 76.5 Å². The summed E-state index contributed by atoms with van der Waals surface area (Å²) < 4.78 is 3.03. The summed E-state index contributed by atoms with van der Waals surface area (Å²) in [6, 6.07) is 14.1. The van der Waals surface area contributed by atoms with Crippen molar-refractivity contribution in [2.45, 2.75) is 6.92 Å². The van der Waals surface area contributed by atoms with Crippen LogP contribution in [0.5, 0.6) is 0 Å². The number of hydrogen-bond acceptors (Lipinski definition) is 5. The Morgan fingerprint density at radius 3 is 2.78 bits per heavy atom. The second-order valence-corrected chi connectivity index (χ2v) is 6.11. The van der Waals surface area contributed by atoms with E-state index in [4.69, 9.17) is 0 Å². The lowest BCUT2D eigenvalue weighted by Gasteiger charge is -2.08. The molecule has 0 aliphatic heterocycles. The number of aromatic nitrogens is 5. The van der Waals surface area contributed by atoms with Crippen molar-refractivity contribution in [3.8, 4) is 11.3 Å². The van der Waals surface area contributed by atoms with E-state index in [1.165, 1.54) is 10.6 Å². The average molecular weight is 360 g/mol. The molecule has 8 heteroatoms. The molecule has 0 radical (unpaired) electrons. The van der Waals surface area contributed by atoms with Crippen LogP contribution in [0.2, 0.25) is 0 Å². The molecule has 8 nitrogen and oxygen atoms in total. The minimum Gasteiger partial charge on any atom is -0.322 e. The molecule has 0 aliphatic rings. The fourth-order valence-corrected chi connectivity index (χ4v) is 2.77. The van der Waals surface area contributed by atoms with Gasteiger partial charge in [0.05, 0.1) is 5.69 Å².